The zero-order chi connectivity index (χ0) is 21.2. The smallest absolute Gasteiger partial charge is 0.227 e. The number of benzene rings is 1. The molecule has 1 unspecified atom stereocenters. The first-order chi connectivity index (χ1) is 13.7. The molecule has 0 amide bonds. The lowest BCUT2D eigenvalue weighted by atomic mass is 10.0. The first-order valence-electron chi connectivity index (χ1n) is 9.54. The molecule has 0 fully saturated rings. The van der Waals surface area contributed by atoms with E-state index >= 15 is 0 Å². The molecule has 0 radical (unpaired) electrons. The van der Waals surface area contributed by atoms with Crippen LogP contribution in [0.3, 0.4) is 0 Å². The predicted octanol–water partition coefficient (Wildman–Crippen LogP) is 2.74. The molecule has 2 aromatic heterocycles. The molecule has 156 valence electrons. The van der Waals surface area contributed by atoms with Crippen LogP contribution >= 0.6 is 0 Å². The number of phenols is 1. The molecule has 0 aliphatic carbocycles. The number of nitrogens with one attached hydrogen (secondary N) is 2. The molecule has 4 N–H and O–H groups in total. The number of aromatic nitrogens is 4. The highest BCUT2D eigenvalue weighted by atomic mass is 16.5. The molecule has 9 heteroatoms. The van der Waals surface area contributed by atoms with E-state index in [4.69, 9.17) is 4.74 Å². The average molecular weight is 400 g/mol. The lowest BCUT2D eigenvalue weighted by Crippen LogP contribution is -2.39. The largest absolute Gasteiger partial charge is 0.508 e. The van der Waals surface area contributed by atoms with E-state index in [0.717, 1.165) is 0 Å². The second kappa shape index (κ2) is 8.12. The molecular formula is C20H28N6O3. The van der Waals surface area contributed by atoms with Crippen molar-refractivity contribution < 1.29 is 14.9 Å². The Morgan fingerprint density at radius 3 is 2.69 bits per heavy atom. The lowest BCUT2D eigenvalue weighted by Gasteiger charge is -2.26. The van der Waals surface area contributed by atoms with Gasteiger partial charge in [-0.15, -0.1) is 0 Å². The second-order valence-corrected chi connectivity index (χ2v) is 7.47. The summed E-state index contributed by atoms with van der Waals surface area (Å²) >= 11 is 0. The van der Waals surface area contributed by atoms with Gasteiger partial charge < -0.3 is 30.2 Å². The van der Waals surface area contributed by atoms with Crippen LogP contribution in [0.25, 0.3) is 11.2 Å². The van der Waals surface area contributed by atoms with Crippen molar-refractivity contribution in [3.8, 4) is 11.5 Å². The van der Waals surface area contributed by atoms with E-state index in [1.54, 1.807) is 45.5 Å². The van der Waals surface area contributed by atoms with E-state index in [-0.39, 0.29) is 11.8 Å². The van der Waals surface area contributed by atoms with Crippen molar-refractivity contribution in [2.45, 2.75) is 52.4 Å². The third-order valence-corrected chi connectivity index (χ3v) is 4.94. The molecule has 29 heavy (non-hydrogen) atoms. The van der Waals surface area contributed by atoms with Crippen molar-refractivity contribution in [2.75, 3.05) is 17.7 Å². The fraction of sp³-hybridized carbons (Fsp3) is 0.450. The number of methoxy groups -OCH3 is 1. The Kier molecular flexibility index (Phi) is 5.78. The molecule has 1 aromatic carbocycles. The minimum Gasteiger partial charge on any atom is -0.508 e. The summed E-state index contributed by atoms with van der Waals surface area (Å²) in [5.74, 6) is 1.75. The van der Waals surface area contributed by atoms with Crippen LogP contribution < -0.4 is 15.4 Å². The van der Waals surface area contributed by atoms with Crippen LogP contribution in [0.15, 0.2) is 24.5 Å². The maximum Gasteiger partial charge on any atom is 0.227 e. The maximum absolute atomic E-state index is 10.2. The van der Waals surface area contributed by atoms with Crippen LogP contribution in [-0.4, -0.2) is 48.5 Å². The summed E-state index contributed by atoms with van der Waals surface area (Å²) in [5, 5.41) is 26.8. The van der Waals surface area contributed by atoms with E-state index in [1.807, 2.05) is 18.4 Å². The standard InChI is InChI=1S/C20H28N6O3/c1-6-26-11-22-16-17(21-10-13-9-14(29-5)7-8-15(13)27)24-19(25-18(16)26)23-12(2)20(3,4)28/h7-9,11-12,27-28H,6,10H2,1-5H3,(H2,21,23,24,25). The normalized spacial score (nSPS) is 12.8. The van der Waals surface area contributed by atoms with Crippen LogP contribution in [0.2, 0.25) is 0 Å². The number of hydrogen-bond acceptors (Lipinski definition) is 8. The summed E-state index contributed by atoms with van der Waals surface area (Å²) in [6.07, 6.45) is 1.72. The number of anilines is 2. The number of fused-ring (bicyclic) bond motifs is 1. The fourth-order valence-corrected chi connectivity index (χ4v) is 2.74. The first-order valence-corrected chi connectivity index (χ1v) is 9.54. The third-order valence-electron chi connectivity index (χ3n) is 4.94. The number of aryl methyl sites for hydroxylation is 1. The van der Waals surface area contributed by atoms with Gasteiger partial charge in [-0.3, -0.25) is 0 Å². The molecule has 0 aliphatic rings. The Labute approximate surface area is 169 Å². The highest BCUT2D eigenvalue weighted by molar-refractivity contribution is 5.84. The van der Waals surface area contributed by atoms with Crippen LogP contribution in [0.4, 0.5) is 11.8 Å². The minimum absolute atomic E-state index is 0.164. The van der Waals surface area contributed by atoms with Crippen molar-refractivity contribution in [2.24, 2.45) is 0 Å². The van der Waals surface area contributed by atoms with Gasteiger partial charge in [-0.2, -0.15) is 9.97 Å². The molecular weight excluding hydrogens is 372 g/mol. The van der Waals surface area contributed by atoms with Gasteiger partial charge in [-0.05, 0) is 45.9 Å². The van der Waals surface area contributed by atoms with Gasteiger partial charge in [-0.1, -0.05) is 0 Å². The van der Waals surface area contributed by atoms with Crippen molar-refractivity contribution in [1.82, 2.24) is 19.5 Å². The molecule has 0 bridgehead atoms. The molecule has 0 saturated carbocycles. The van der Waals surface area contributed by atoms with E-state index in [2.05, 4.69) is 25.6 Å². The zero-order valence-electron chi connectivity index (χ0n) is 17.4. The Bertz CT molecular complexity index is 996. The van der Waals surface area contributed by atoms with E-state index in [1.165, 1.54) is 0 Å². The van der Waals surface area contributed by atoms with Crippen molar-refractivity contribution in [3.05, 3.63) is 30.1 Å². The molecule has 3 rings (SSSR count). The number of phenolic OH excluding ortho intramolecular Hbond substituents is 1. The zero-order valence-corrected chi connectivity index (χ0v) is 17.4. The number of aliphatic hydroxyl groups is 1. The van der Waals surface area contributed by atoms with Gasteiger partial charge >= 0.3 is 0 Å². The lowest BCUT2D eigenvalue weighted by molar-refractivity contribution is 0.0646. The number of aromatic hydroxyl groups is 1. The number of imidazole rings is 1. The molecule has 0 aliphatic heterocycles. The van der Waals surface area contributed by atoms with Crippen LogP contribution in [0.1, 0.15) is 33.3 Å². The SMILES string of the molecule is CCn1cnc2c(NCc3cc(OC)ccc3O)nc(NC(C)C(C)(C)O)nc21. The van der Waals surface area contributed by atoms with E-state index in [9.17, 15) is 10.2 Å². The summed E-state index contributed by atoms with van der Waals surface area (Å²) < 4.78 is 7.15. The van der Waals surface area contributed by atoms with Gasteiger partial charge in [0.05, 0.1) is 25.1 Å². The van der Waals surface area contributed by atoms with Gasteiger partial charge in [0, 0.05) is 18.7 Å². The van der Waals surface area contributed by atoms with Crippen LogP contribution in [0, 0.1) is 0 Å². The summed E-state index contributed by atoms with van der Waals surface area (Å²) in [6.45, 7) is 8.37. The number of ether oxygens (including phenoxy) is 1. The Morgan fingerprint density at radius 2 is 2.03 bits per heavy atom. The minimum atomic E-state index is -0.941. The third kappa shape index (κ3) is 4.51. The molecule has 0 saturated heterocycles. The monoisotopic (exact) mass is 400 g/mol. The molecule has 9 nitrogen and oxygen atoms in total. The van der Waals surface area contributed by atoms with E-state index in [0.29, 0.717) is 47.3 Å². The summed E-state index contributed by atoms with van der Waals surface area (Å²) in [5.41, 5.74) is 1.05. The summed E-state index contributed by atoms with van der Waals surface area (Å²) in [6, 6.07) is 4.79. The topological polar surface area (TPSA) is 117 Å². The highest BCUT2D eigenvalue weighted by Gasteiger charge is 2.24. The molecule has 0 spiro atoms. The quantitative estimate of drug-likeness (QED) is 0.456. The van der Waals surface area contributed by atoms with Gasteiger partial charge in [0.15, 0.2) is 17.0 Å². The fourth-order valence-electron chi connectivity index (χ4n) is 2.74. The Morgan fingerprint density at radius 1 is 1.28 bits per heavy atom. The van der Waals surface area contributed by atoms with Gasteiger partial charge in [0.25, 0.3) is 0 Å². The van der Waals surface area contributed by atoms with Gasteiger partial charge in [0.2, 0.25) is 5.95 Å². The molecule has 3 aromatic rings. The van der Waals surface area contributed by atoms with Crippen LogP contribution in [0.5, 0.6) is 11.5 Å². The summed E-state index contributed by atoms with van der Waals surface area (Å²) in [4.78, 5) is 13.6. The van der Waals surface area contributed by atoms with Gasteiger partial charge in [0.1, 0.15) is 11.5 Å². The predicted molar refractivity (Wildman–Crippen MR) is 112 cm³/mol. The van der Waals surface area contributed by atoms with Gasteiger partial charge in [-0.25, -0.2) is 4.98 Å². The van der Waals surface area contributed by atoms with Crippen molar-refractivity contribution in [3.63, 3.8) is 0 Å². The maximum atomic E-state index is 10.2. The molecule has 1 atom stereocenters. The van der Waals surface area contributed by atoms with Crippen molar-refractivity contribution >= 4 is 22.9 Å². The number of rotatable bonds is 8. The number of hydrogen-bond donors (Lipinski definition) is 4. The summed E-state index contributed by atoms with van der Waals surface area (Å²) in [7, 11) is 1.58. The first kappa shape index (κ1) is 20.7. The average Bonchev–Trinajstić information content (AvgIpc) is 3.09. The molecule has 2 heterocycles. The van der Waals surface area contributed by atoms with Crippen LogP contribution in [-0.2, 0) is 13.1 Å². The Hall–Kier alpha value is -3.07. The van der Waals surface area contributed by atoms with E-state index < -0.39 is 5.60 Å². The Balaban J connectivity index is 1.94. The second-order valence-electron chi connectivity index (χ2n) is 7.47. The highest BCUT2D eigenvalue weighted by Crippen LogP contribution is 2.26. The number of nitrogens with zero attached hydrogens (tertiary/aromatic N) is 4. The van der Waals surface area contributed by atoms with Crippen molar-refractivity contribution in [1.29, 1.82) is 0 Å².